The van der Waals surface area contributed by atoms with Crippen molar-refractivity contribution in [2.45, 2.75) is 19.3 Å². The molecule has 0 saturated carbocycles. The van der Waals surface area contributed by atoms with Crippen molar-refractivity contribution in [2.24, 2.45) is 0 Å². The van der Waals surface area contributed by atoms with E-state index in [0.717, 1.165) is 0 Å². The number of para-hydroxylation sites is 1. The molecule has 4 aromatic carbocycles. The van der Waals surface area contributed by atoms with E-state index >= 15 is 0 Å². The Hall–Kier alpha value is -4.18. The highest BCUT2D eigenvalue weighted by atomic mass is 32.1. The van der Waals surface area contributed by atoms with Crippen molar-refractivity contribution >= 4 is 56.6 Å². The maximum absolute atomic E-state index is 2.44. The van der Waals surface area contributed by atoms with E-state index in [1.165, 1.54) is 69.9 Å². The average molecular weight is 550 g/mol. The Morgan fingerprint density at radius 2 is 1.43 bits per heavy atom. The van der Waals surface area contributed by atoms with E-state index in [0.29, 0.717) is 0 Å². The van der Waals surface area contributed by atoms with E-state index in [4.69, 9.17) is 0 Å². The molecule has 1 nitrogen and oxygen atoms in total. The van der Waals surface area contributed by atoms with Crippen LogP contribution in [-0.4, -0.2) is 4.57 Å². The highest BCUT2D eigenvalue weighted by Crippen LogP contribution is 2.49. The summed E-state index contributed by atoms with van der Waals surface area (Å²) in [6, 6.07) is 40.4. The summed E-state index contributed by atoms with van der Waals surface area (Å²) in [7, 11) is 0. The summed E-state index contributed by atoms with van der Waals surface area (Å²) >= 11 is 3.61. The molecule has 0 unspecified atom stereocenters. The number of hydrogen-bond donors (Lipinski definition) is 0. The lowest BCUT2D eigenvalue weighted by molar-refractivity contribution is 0.660. The highest BCUT2D eigenvalue weighted by molar-refractivity contribution is 7.16. The molecule has 3 heteroatoms. The Morgan fingerprint density at radius 3 is 2.33 bits per heavy atom. The maximum atomic E-state index is 2.44. The van der Waals surface area contributed by atoms with Gasteiger partial charge >= 0.3 is 0 Å². The van der Waals surface area contributed by atoms with E-state index in [9.17, 15) is 0 Å². The molecule has 0 N–H and O–H groups in total. The fraction of sp³-hybridized carbons (Fsp3) is 0.0811. The van der Waals surface area contributed by atoms with Crippen molar-refractivity contribution < 1.29 is 0 Å². The van der Waals surface area contributed by atoms with Gasteiger partial charge in [0.1, 0.15) is 0 Å². The molecule has 7 aromatic rings. The minimum Gasteiger partial charge on any atom is -0.309 e. The first kappa shape index (κ1) is 23.7. The molecule has 1 aliphatic carbocycles. The van der Waals surface area contributed by atoms with Gasteiger partial charge in [0.25, 0.3) is 0 Å². The lowest BCUT2D eigenvalue weighted by Gasteiger charge is -2.22. The van der Waals surface area contributed by atoms with E-state index in [-0.39, 0.29) is 5.41 Å². The molecule has 0 amide bonds. The lowest BCUT2D eigenvalue weighted by atomic mass is 9.82. The summed E-state index contributed by atoms with van der Waals surface area (Å²) in [5, 5.41) is 4.70. The number of rotatable bonds is 4. The SMILES string of the molecule is CC1(C)c2ccccc2-c2ccc(-n3c4ccccc4c4cc(-c5ccc(/C=C/c6cccs6)s5)ccc43)cc21. The Morgan fingerprint density at radius 1 is 0.625 bits per heavy atom. The van der Waals surface area contributed by atoms with Crippen LogP contribution in [0.15, 0.2) is 115 Å². The smallest absolute Gasteiger partial charge is 0.0541 e. The van der Waals surface area contributed by atoms with Crippen molar-refractivity contribution in [3.8, 4) is 27.3 Å². The van der Waals surface area contributed by atoms with Crippen molar-refractivity contribution in [1.29, 1.82) is 0 Å². The van der Waals surface area contributed by atoms with Crippen LogP contribution in [0.25, 0.3) is 61.2 Å². The monoisotopic (exact) mass is 549 g/mol. The van der Waals surface area contributed by atoms with Crippen molar-refractivity contribution in [1.82, 2.24) is 4.57 Å². The highest BCUT2D eigenvalue weighted by Gasteiger charge is 2.35. The predicted molar refractivity (Wildman–Crippen MR) is 175 cm³/mol. The number of nitrogens with zero attached hydrogens (tertiary/aromatic N) is 1. The zero-order valence-electron chi connectivity index (χ0n) is 22.4. The third-order valence-electron chi connectivity index (χ3n) is 8.36. The lowest BCUT2D eigenvalue weighted by Crippen LogP contribution is -2.15. The quantitative estimate of drug-likeness (QED) is 0.206. The molecule has 0 saturated heterocycles. The van der Waals surface area contributed by atoms with E-state index in [2.05, 4.69) is 145 Å². The van der Waals surface area contributed by atoms with Crippen molar-refractivity contribution in [3.63, 3.8) is 0 Å². The van der Waals surface area contributed by atoms with Gasteiger partial charge in [0.2, 0.25) is 0 Å². The Labute approximate surface area is 242 Å². The van der Waals surface area contributed by atoms with E-state index < -0.39 is 0 Å². The van der Waals surface area contributed by atoms with Crippen LogP contribution < -0.4 is 0 Å². The number of benzene rings is 4. The van der Waals surface area contributed by atoms with Gasteiger partial charge in [0.15, 0.2) is 0 Å². The molecule has 0 spiro atoms. The van der Waals surface area contributed by atoms with Crippen LogP contribution >= 0.6 is 22.7 Å². The fourth-order valence-corrected chi connectivity index (χ4v) is 7.91. The summed E-state index contributed by atoms with van der Waals surface area (Å²) in [5.41, 5.74) is 10.5. The molecule has 3 heterocycles. The molecule has 3 aromatic heterocycles. The van der Waals surface area contributed by atoms with Gasteiger partial charge in [-0.05, 0) is 93.9 Å². The summed E-state index contributed by atoms with van der Waals surface area (Å²) in [5.74, 6) is 0. The molecule has 1 aliphatic rings. The number of thiophene rings is 2. The summed E-state index contributed by atoms with van der Waals surface area (Å²) in [6.07, 6.45) is 4.42. The maximum Gasteiger partial charge on any atom is 0.0541 e. The van der Waals surface area contributed by atoms with E-state index in [1.54, 1.807) is 11.3 Å². The second-order valence-electron chi connectivity index (χ2n) is 11.0. The van der Waals surface area contributed by atoms with Crippen LogP contribution in [-0.2, 0) is 5.41 Å². The van der Waals surface area contributed by atoms with Crippen LogP contribution in [0.5, 0.6) is 0 Å². The first-order valence-electron chi connectivity index (χ1n) is 13.7. The van der Waals surface area contributed by atoms with Crippen molar-refractivity contribution in [2.75, 3.05) is 0 Å². The molecule has 0 atom stereocenters. The van der Waals surface area contributed by atoms with Crippen LogP contribution in [0.3, 0.4) is 0 Å². The fourth-order valence-electron chi connectivity index (χ4n) is 6.38. The number of aromatic nitrogens is 1. The zero-order chi connectivity index (χ0) is 26.8. The molecule has 8 rings (SSSR count). The normalized spacial score (nSPS) is 13.8. The van der Waals surface area contributed by atoms with Crippen LogP contribution in [0.1, 0.15) is 34.7 Å². The standard InChI is InChI=1S/C37H27NS2/c1-37(2)32-11-5-3-9-28(32)29-18-14-25(23-33(29)37)38-34-12-6-4-10-30(34)31-22-24(13-19-35(31)38)36-20-17-27(40-36)16-15-26-8-7-21-39-26/h3-23H,1-2H3/b16-15+. The van der Waals surface area contributed by atoms with Gasteiger partial charge in [-0.25, -0.2) is 0 Å². The minimum absolute atomic E-state index is 0.0251. The molecule has 0 bridgehead atoms. The van der Waals surface area contributed by atoms with Crippen LogP contribution in [0.2, 0.25) is 0 Å². The minimum atomic E-state index is -0.0251. The predicted octanol–water partition coefficient (Wildman–Crippen LogP) is 11.1. The van der Waals surface area contributed by atoms with Crippen LogP contribution in [0, 0.1) is 0 Å². The first-order valence-corrected chi connectivity index (χ1v) is 15.4. The van der Waals surface area contributed by atoms with Gasteiger partial charge in [0.05, 0.1) is 11.0 Å². The van der Waals surface area contributed by atoms with E-state index in [1.807, 2.05) is 11.3 Å². The first-order chi connectivity index (χ1) is 19.6. The zero-order valence-corrected chi connectivity index (χ0v) is 24.0. The molecule has 0 aliphatic heterocycles. The molecular formula is C37H27NS2. The third-order valence-corrected chi connectivity index (χ3v) is 10.3. The van der Waals surface area contributed by atoms with Gasteiger partial charge in [-0.15, -0.1) is 22.7 Å². The second kappa shape index (κ2) is 8.92. The number of hydrogen-bond acceptors (Lipinski definition) is 2. The van der Waals surface area contributed by atoms with Gasteiger partial charge in [0, 0.05) is 36.5 Å². The summed E-state index contributed by atoms with van der Waals surface area (Å²) < 4.78 is 2.44. The van der Waals surface area contributed by atoms with Crippen molar-refractivity contribution in [3.05, 3.63) is 135 Å². The molecule has 192 valence electrons. The topological polar surface area (TPSA) is 4.93 Å². The van der Waals surface area contributed by atoms with Gasteiger partial charge in [-0.2, -0.15) is 0 Å². The van der Waals surface area contributed by atoms with Gasteiger partial charge in [-0.1, -0.05) is 74.5 Å². The van der Waals surface area contributed by atoms with Crippen LogP contribution in [0.4, 0.5) is 0 Å². The van der Waals surface area contributed by atoms with Gasteiger partial charge in [-0.3, -0.25) is 0 Å². The molecular weight excluding hydrogens is 523 g/mol. The largest absolute Gasteiger partial charge is 0.309 e. The molecule has 0 fully saturated rings. The number of fused-ring (bicyclic) bond motifs is 6. The van der Waals surface area contributed by atoms with Gasteiger partial charge < -0.3 is 4.57 Å². The Kier molecular flexibility index (Phi) is 5.28. The molecule has 0 radical (unpaired) electrons. The summed E-state index contributed by atoms with van der Waals surface area (Å²) in [6.45, 7) is 4.70. The third kappa shape index (κ3) is 3.58. The second-order valence-corrected chi connectivity index (χ2v) is 13.1. The Balaban J connectivity index is 1.25. The summed E-state index contributed by atoms with van der Waals surface area (Å²) in [4.78, 5) is 3.84. The average Bonchev–Trinajstić information content (AvgIpc) is 3.77. The Bertz CT molecular complexity index is 2080. The molecule has 40 heavy (non-hydrogen) atoms.